The quantitative estimate of drug-likeness (QED) is 0.421. The summed E-state index contributed by atoms with van der Waals surface area (Å²) in [6.45, 7) is 0. The number of aromatic nitrogens is 2. The second kappa shape index (κ2) is 3.33. The molecule has 0 spiro atoms. The van der Waals surface area contributed by atoms with Gasteiger partial charge < -0.3 is 4.57 Å². The molecule has 0 aliphatic rings. The Hall–Kier alpha value is -2.35. The number of aryl methyl sites for hydroxylation is 1. The van der Waals surface area contributed by atoms with Crippen LogP contribution in [0, 0.1) is 0 Å². The van der Waals surface area contributed by atoms with E-state index in [0.29, 0.717) is 0 Å². The first-order valence-corrected chi connectivity index (χ1v) is 6.05. The van der Waals surface area contributed by atoms with Gasteiger partial charge in [0.15, 0.2) is 0 Å². The molecule has 0 saturated carbocycles. The Morgan fingerprint density at radius 3 is 2.22 bits per heavy atom. The molecule has 2 heteroatoms. The van der Waals surface area contributed by atoms with Crippen LogP contribution in [0.25, 0.3) is 32.6 Å². The average Bonchev–Trinajstić information content (AvgIpc) is 2.75. The molecule has 4 aromatic rings. The first-order valence-electron chi connectivity index (χ1n) is 6.05. The SMILES string of the molecule is Cn1cnc2cc3cc4ccccc4cc3cc21. The molecule has 0 saturated heterocycles. The second-order valence-corrected chi connectivity index (χ2v) is 4.74. The largest absolute Gasteiger partial charge is 0.334 e. The Bertz CT molecular complexity index is 887. The minimum atomic E-state index is 1.06. The molecule has 0 amide bonds. The fraction of sp³-hybridized carbons (Fsp3) is 0.0625. The Morgan fingerprint density at radius 1 is 0.833 bits per heavy atom. The molecule has 4 rings (SSSR count). The van der Waals surface area contributed by atoms with Crippen molar-refractivity contribution in [2.45, 2.75) is 0 Å². The molecule has 0 radical (unpaired) electrons. The third kappa shape index (κ3) is 1.26. The molecule has 0 N–H and O–H groups in total. The van der Waals surface area contributed by atoms with Crippen molar-refractivity contribution in [3.05, 3.63) is 54.9 Å². The smallest absolute Gasteiger partial charge is 0.0955 e. The van der Waals surface area contributed by atoms with Crippen LogP contribution in [0.3, 0.4) is 0 Å². The fourth-order valence-corrected chi connectivity index (χ4v) is 2.56. The van der Waals surface area contributed by atoms with Gasteiger partial charge in [-0.1, -0.05) is 24.3 Å². The highest BCUT2D eigenvalue weighted by Gasteiger charge is 2.03. The van der Waals surface area contributed by atoms with Crippen LogP contribution < -0.4 is 0 Å². The zero-order chi connectivity index (χ0) is 12.1. The lowest BCUT2D eigenvalue weighted by Gasteiger charge is -2.03. The summed E-state index contributed by atoms with van der Waals surface area (Å²) in [5.41, 5.74) is 2.23. The number of nitrogens with zero attached hydrogens (tertiary/aromatic N) is 2. The first-order chi connectivity index (χ1) is 8.81. The van der Waals surface area contributed by atoms with Gasteiger partial charge in [-0.15, -0.1) is 0 Å². The molecule has 18 heavy (non-hydrogen) atoms. The van der Waals surface area contributed by atoms with E-state index in [0.717, 1.165) is 5.52 Å². The van der Waals surface area contributed by atoms with Crippen LogP contribution in [0.5, 0.6) is 0 Å². The maximum absolute atomic E-state index is 4.41. The highest BCUT2D eigenvalue weighted by atomic mass is 15.0. The van der Waals surface area contributed by atoms with E-state index < -0.39 is 0 Å². The first kappa shape index (κ1) is 9.66. The minimum Gasteiger partial charge on any atom is -0.334 e. The Balaban J connectivity index is 2.21. The average molecular weight is 232 g/mol. The van der Waals surface area contributed by atoms with Crippen molar-refractivity contribution >= 4 is 32.6 Å². The molecule has 0 aliphatic heterocycles. The summed E-state index contributed by atoms with van der Waals surface area (Å²) in [6.07, 6.45) is 1.86. The Kier molecular flexibility index (Phi) is 1.78. The van der Waals surface area contributed by atoms with Crippen molar-refractivity contribution in [3.63, 3.8) is 0 Å². The zero-order valence-electron chi connectivity index (χ0n) is 10.1. The van der Waals surface area contributed by atoms with Gasteiger partial charge >= 0.3 is 0 Å². The van der Waals surface area contributed by atoms with E-state index >= 15 is 0 Å². The molecule has 0 aliphatic carbocycles. The molecule has 0 unspecified atom stereocenters. The number of imidazole rings is 1. The van der Waals surface area contributed by atoms with Gasteiger partial charge in [-0.3, -0.25) is 0 Å². The van der Waals surface area contributed by atoms with Gasteiger partial charge in [0.1, 0.15) is 0 Å². The summed E-state index contributed by atoms with van der Waals surface area (Å²) in [5, 5.41) is 5.08. The van der Waals surface area contributed by atoms with Crippen LogP contribution in [0.4, 0.5) is 0 Å². The van der Waals surface area contributed by atoms with Crippen molar-refractivity contribution in [1.82, 2.24) is 9.55 Å². The lowest BCUT2D eigenvalue weighted by molar-refractivity contribution is 0.948. The van der Waals surface area contributed by atoms with Crippen LogP contribution in [-0.4, -0.2) is 9.55 Å². The molecule has 0 bridgehead atoms. The highest BCUT2D eigenvalue weighted by Crippen LogP contribution is 2.26. The van der Waals surface area contributed by atoms with Crippen molar-refractivity contribution in [2.75, 3.05) is 0 Å². The van der Waals surface area contributed by atoms with Gasteiger partial charge in [-0.05, 0) is 45.8 Å². The monoisotopic (exact) mass is 232 g/mol. The summed E-state index contributed by atoms with van der Waals surface area (Å²) < 4.78 is 2.06. The van der Waals surface area contributed by atoms with Gasteiger partial charge in [0.05, 0.1) is 17.4 Å². The normalized spacial score (nSPS) is 11.6. The summed E-state index contributed by atoms with van der Waals surface area (Å²) in [4.78, 5) is 4.41. The molecular formula is C16H12N2. The van der Waals surface area contributed by atoms with Gasteiger partial charge in [0, 0.05) is 7.05 Å². The van der Waals surface area contributed by atoms with E-state index in [9.17, 15) is 0 Å². The molecular weight excluding hydrogens is 220 g/mol. The van der Waals surface area contributed by atoms with E-state index in [1.54, 1.807) is 0 Å². The fourth-order valence-electron chi connectivity index (χ4n) is 2.56. The molecule has 1 aromatic heterocycles. The van der Waals surface area contributed by atoms with E-state index in [-0.39, 0.29) is 0 Å². The molecule has 86 valence electrons. The number of rotatable bonds is 0. The number of benzene rings is 3. The molecule has 3 aromatic carbocycles. The predicted molar refractivity (Wildman–Crippen MR) is 75.7 cm³/mol. The highest BCUT2D eigenvalue weighted by molar-refractivity contribution is 6.03. The third-order valence-electron chi connectivity index (χ3n) is 3.55. The van der Waals surface area contributed by atoms with Gasteiger partial charge in [-0.2, -0.15) is 0 Å². The lowest BCUT2D eigenvalue weighted by atomic mass is 10.0. The van der Waals surface area contributed by atoms with Crippen molar-refractivity contribution in [2.24, 2.45) is 7.05 Å². The summed E-state index contributed by atoms with van der Waals surface area (Å²) in [5.74, 6) is 0. The van der Waals surface area contributed by atoms with Crippen molar-refractivity contribution < 1.29 is 0 Å². The van der Waals surface area contributed by atoms with E-state index in [2.05, 4.69) is 58.1 Å². The predicted octanol–water partition coefficient (Wildman–Crippen LogP) is 3.88. The molecule has 1 heterocycles. The zero-order valence-corrected chi connectivity index (χ0v) is 10.1. The number of hydrogen-bond acceptors (Lipinski definition) is 1. The van der Waals surface area contributed by atoms with Crippen LogP contribution in [0.1, 0.15) is 0 Å². The summed E-state index contributed by atoms with van der Waals surface area (Å²) in [6, 6.07) is 17.3. The van der Waals surface area contributed by atoms with Gasteiger partial charge in [0.25, 0.3) is 0 Å². The van der Waals surface area contributed by atoms with Crippen LogP contribution >= 0.6 is 0 Å². The van der Waals surface area contributed by atoms with Crippen LogP contribution in [0.2, 0.25) is 0 Å². The molecule has 2 nitrogen and oxygen atoms in total. The topological polar surface area (TPSA) is 17.8 Å². The van der Waals surface area contributed by atoms with E-state index in [1.807, 2.05) is 13.4 Å². The van der Waals surface area contributed by atoms with Gasteiger partial charge in [-0.25, -0.2) is 4.98 Å². The standard InChI is InChI=1S/C16H12N2/c1-18-10-17-15-8-13-6-11-4-2-3-5-12(11)7-14(13)9-16(15)18/h2-10H,1H3. The molecule has 0 fully saturated rings. The van der Waals surface area contributed by atoms with Crippen molar-refractivity contribution in [3.8, 4) is 0 Å². The van der Waals surface area contributed by atoms with Crippen molar-refractivity contribution in [1.29, 1.82) is 0 Å². The van der Waals surface area contributed by atoms with Crippen LogP contribution in [-0.2, 0) is 7.05 Å². The minimum absolute atomic E-state index is 1.06. The van der Waals surface area contributed by atoms with Crippen LogP contribution in [0.15, 0.2) is 54.9 Å². The maximum atomic E-state index is 4.41. The van der Waals surface area contributed by atoms with E-state index in [1.165, 1.54) is 27.1 Å². The Labute approximate surface area is 104 Å². The Morgan fingerprint density at radius 2 is 1.50 bits per heavy atom. The number of hydrogen-bond donors (Lipinski definition) is 0. The summed E-state index contributed by atoms with van der Waals surface area (Å²) >= 11 is 0. The third-order valence-corrected chi connectivity index (χ3v) is 3.55. The maximum Gasteiger partial charge on any atom is 0.0955 e. The second-order valence-electron chi connectivity index (χ2n) is 4.74. The summed E-state index contributed by atoms with van der Waals surface area (Å²) in [7, 11) is 2.03. The van der Waals surface area contributed by atoms with Gasteiger partial charge in [0.2, 0.25) is 0 Å². The number of fused-ring (bicyclic) bond motifs is 3. The lowest BCUT2D eigenvalue weighted by Crippen LogP contribution is -1.84. The molecule has 0 atom stereocenters. The van der Waals surface area contributed by atoms with E-state index in [4.69, 9.17) is 0 Å².